The standard InChI is InChI=1S/C7H4F5NO.ClH.H2O/c8-3-2(1-14-13)4(9)6(11)7(12)5(3)10;;/h1,13H2;1H;1H2. The lowest BCUT2D eigenvalue weighted by Crippen LogP contribution is -2.10. The van der Waals surface area contributed by atoms with Crippen LogP contribution in [0.15, 0.2) is 0 Å². The molecule has 9 heteroatoms. The molecule has 0 atom stereocenters. The lowest BCUT2D eigenvalue weighted by Gasteiger charge is -2.06. The van der Waals surface area contributed by atoms with Gasteiger partial charge >= 0.3 is 0 Å². The van der Waals surface area contributed by atoms with E-state index in [9.17, 15) is 22.0 Å². The molecule has 0 bridgehead atoms. The SMILES string of the molecule is Cl.NOCc1c(F)c(F)c(F)c(F)c1F.O. The minimum absolute atomic E-state index is 0. The van der Waals surface area contributed by atoms with Crippen LogP contribution in [0.3, 0.4) is 0 Å². The van der Waals surface area contributed by atoms with Gasteiger partial charge in [0, 0.05) is 0 Å². The van der Waals surface area contributed by atoms with Gasteiger partial charge in [0.05, 0.1) is 12.2 Å². The lowest BCUT2D eigenvalue weighted by atomic mass is 10.2. The molecule has 0 fully saturated rings. The molecular formula is C7H7ClF5NO2. The van der Waals surface area contributed by atoms with Crippen LogP contribution in [0.2, 0.25) is 0 Å². The molecule has 0 spiro atoms. The second kappa shape index (κ2) is 6.59. The summed E-state index contributed by atoms with van der Waals surface area (Å²) in [5, 5.41) is 0. The number of nitrogens with two attached hydrogens (primary N) is 1. The van der Waals surface area contributed by atoms with Crippen LogP contribution in [0, 0.1) is 29.1 Å². The summed E-state index contributed by atoms with van der Waals surface area (Å²) < 4.78 is 62.8. The minimum atomic E-state index is -2.21. The van der Waals surface area contributed by atoms with Crippen LogP contribution in [0.5, 0.6) is 0 Å². The molecule has 0 unspecified atom stereocenters. The van der Waals surface area contributed by atoms with Gasteiger partial charge in [-0.1, -0.05) is 0 Å². The van der Waals surface area contributed by atoms with E-state index in [2.05, 4.69) is 10.7 Å². The highest BCUT2D eigenvalue weighted by atomic mass is 35.5. The normalized spacial score (nSPS) is 9.38. The topological polar surface area (TPSA) is 66.8 Å². The van der Waals surface area contributed by atoms with Crippen LogP contribution in [-0.4, -0.2) is 5.48 Å². The molecular weight excluding hydrogens is 261 g/mol. The highest BCUT2D eigenvalue weighted by Gasteiger charge is 2.25. The van der Waals surface area contributed by atoms with E-state index in [1.165, 1.54) is 0 Å². The molecule has 0 radical (unpaired) electrons. The number of rotatable bonds is 2. The van der Waals surface area contributed by atoms with Gasteiger partial charge in [0.25, 0.3) is 0 Å². The van der Waals surface area contributed by atoms with Gasteiger partial charge in [0.1, 0.15) is 0 Å². The zero-order chi connectivity index (χ0) is 10.9. The van der Waals surface area contributed by atoms with E-state index in [0.29, 0.717) is 0 Å². The summed E-state index contributed by atoms with van der Waals surface area (Å²) in [5.74, 6) is -5.65. The maximum Gasteiger partial charge on any atom is 0.200 e. The van der Waals surface area contributed by atoms with Gasteiger partial charge in [0.15, 0.2) is 23.3 Å². The van der Waals surface area contributed by atoms with E-state index in [-0.39, 0.29) is 17.9 Å². The third-order valence-electron chi connectivity index (χ3n) is 1.53. The molecule has 3 nitrogen and oxygen atoms in total. The molecule has 0 aliphatic rings. The average Bonchev–Trinajstić information content (AvgIpc) is 2.19. The molecule has 0 saturated carbocycles. The maximum atomic E-state index is 12.7. The van der Waals surface area contributed by atoms with Crippen molar-refractivity contribution in [3.63, 3.8) is 0 Å². The van der Waals surface area contributed by atoms with Crippen molar-refractivity contribution in [1.29, 1.82) is 0 Å². The summed E-state index contributed by atoms with van der Waals surface area (Å²) in [5.41, 5.74) is -1.09. The Balaban J connectivity index is 0. The quantitative estimate of drug-likeness (QED) is 0.381. The second-order valence-corrected chi connectivity index (χ2v) is 2.36. The van der Waals surface area contributed by atoms with E-state index in [0.717, 1.165) is 0 Å². The Bertz CT molecular complexity index is 347. The third kappa shape index (κ3) is 2.79. The molecule has 0 amide bonds. The fraction of sp³-hybridized carbons (Fsp3) is 0.143. The van der Waals surface area contributed by atoms with Gasteiger partial charge in [-0.05, 0) is 0 Å². The Kier molecular flexibility index (Phi) is 7.18. The fourth-order valence-electron chi connectivity index (χ4n) is 0.860. The van der Waals surface area contributed by atoms with E-state index in [1.54, 1.807) is 0 Å². The Labute approximate surface area is 92.7 Å². The van der Waals surface area contributed by atoms with Crippen LogP contribution in [0.1, 0.15) is 5.56 Å². The van der Waals surface area contributed by atoms with Crippen LogP contribution in [-0.2, 0) is 11.4 Å². The molecule has 0 heterocycles. The Morgan fingerprint density at radius 1 is 0.812 bits per heavy atom. The van der Waals surface area contributed by atoms with Crippen molar-refractivity contribution in [2.45, 2.75) is 6.61 Å². The lowest BCUT2D eigenvalue weighted by molar-refractivity contribution is 0.117. The van der Waals surface area contributed by atoms with Crippen molar-refractivity contribution in [1.82, 2.24) is 0 Å². The minimum Gasteiger partial charge on any atom is -0.412 e. The first-order chi connectivity index (χ1) is 6.50. The van der Waals surface area contributed by atoms with Crippen molar-refractivity contribution in [2.75, 3.05) is 0 Å². The van der Waals surface area contributed by atoms with Crippen molar-refractivity contribution in [2.24, 2.45) is 5.90 Å². The van der Waals surface area contributed by atoms with Crippen molar-refractivity contribution >= 4 is 12.4 Å². The Hall–Kier alpha value is -0.960. The average molecular weight is 268 g/mol. The summed E-state index contributed by atoms with van der Waals surface area (Å²) in [6, 6.07) is 0. The maximum absolute atomic E-state index is 12.7. The molecule has 94 valence electrons. The first-order valence-electron chi connectivity index (χ1n) is 3.32. The van der Waals surface area contributed by atoms with Gasteiger partial charge in [-0.25, -0.2) is 27.8 Å². The van der Waals surface area contributed by atoms with Gasteiger partial charge in [-0.2, -0.15) is 0 Å². The first-order valence-corrected chi connectivity index (χ1v) is 3.32. The third-order valence-corrected chi connectivity index (χ3v) is 1.53. The van der Waals surface area contributed by atoms with E-state index < -0.39 is 41.3 Å². The molecule has 4 N–H and O–H groups in total. The van der Waals surface area contributed by atoms with Crippen LogP contribution >= 0.6 is 12.4 Å². The van der Waals surface area contributed by atoms with Crippen LogP contribution < -0.4 is 5.90 Å². The number of hydrogen-bond donors (Lipinski definition) is 1. The zero-order valence-electron chi connectivity index (χ0n) is 7.49. The van der Waals surface area contributed by atoms with Crippen LogP contribution in [0.25, 0.3) is 0 Å². The van der Waals surface area contributed by atoms with Gasteiger partial charge in [0.2, 0.25) is 5.82 Å². The van der Waals surface area contributed by atoms with E-state index in [4.69, 9.17) is 0 Å². The largest absolute Gasteiger partial charge is 0.412 e. The van der Waals surface area contributed by atoms with Crippen LogP contribution in [0.4, 0.5) is 22.0 Å². The summed E-state index contributed by atoms with van der Waals surface area (Å²) >= 11 is 0. The monoisotopic (exact) mass is 267 g/mol. The summed E-state index contributed by atoms with van der Waals surface area (Å²) in [6.07, 6.45) is 0. The second-order valence-electron chi connectivity index (χ2n) is 2.36. The van der Waals surface area contributed by atoms with E-state index in [1.807, 2.05) is 0 Å². The summed E-state index contributed by atoms with van der Waals surface area (Å²) in [6.45, 7) is -0.897. The van der Waals surface area contributed by atoms with E-state index >= 15 is 0 Å². The predicted molar refractivity (Wildman–Crippen MR) is 46.1 cm³/mol. The summed E-state index contributed by atoms with van der Waals surface area (Å²) in [7, 11) is 0. The highest BCUT2D eigenvalue weighted by Crippen LogP contribution is 2.23. The molecule has 0 aromatic heterocycles. The molecule has 1 rings (SSSR count). The zero-order valence-corrected chi connectivity index (χ0v) is 8.31. The molecule has 0 aliphatic carbocycles. The molecule has 1 aromatic carbocycles. The molecule has 16 heavy (non-hydrogen) atoms. The smallest absolute Gasteiger partial charge is 0.200 e. The molecule has 0 saturated heterocycles. The number of halogens is 6. The van der Waals surface area contributed by atoms with Crippen molar-refractivity contribution < 1.29 is 32.3 Å². The highest BCUT2D eigenvalue weighted by molar-refractivity contribution is 5.85. The Morgan fingerprint density at radius 3 is 1.44 bits per heavy atom. The van der Waals surface area contributed by atoms with Gasteiger partial charge in [-0.15, -0.1) is 12.4 Å². The molecule has 0 aliphatic heterocycles. The fourth-order valence-corrected chi connectivity index (χ4v) is 0.860. The van der Waals surface area contributed by atoms with Gasteiger partial charge in [-0.3, -0.25) is 4.84 Å². The van der Waals surface area contributed by atoms with Crippen molar-refractivity contribution in [3.8, 4) is 0 Å². The Morgan fingerprint density at radius 2 is 1.12 bits per heavy atom. The molecule has 1 aromatic rings. The summed E-state index contributed by atoms with van der Waals surface area (Å²) in [4.78, 5) is 3.80. The van der Waals surface area contributed by atoms with Crippen molar-refractivity contribution in [3.05, 3.63) is 34.6 Å². The van der Waals surface area contributed by atoms with Gasteiger partial charge < -0.3 is 5.48 Å². The number of hydrogen-bond acceptors (Lipinski definition) is 2. The number of benzene rings is 1. The predicted octanol–water partition coefficient (Wildman–Crippen LogP) is 1.37. The first kappa shape index (κ1) is 17.4.